The lowest BCUT2D eigenvalue weighted by Crippen LogP contribution is -2.25. The molecule has 2 aromatic rings. The Morgan fingerprint density at radius 3 is 1.88 bits per heavy atom. The minimum absolute atomic E-state index is 0.138. The second-order valence-electron chi connectivity index (χ2n) is 9.42. The van der Waals surface area contributed by atoms with Gasteiger partial charge < -0.3 is 14.2 Å². The van der Waals surface area contributed by atoms with Crippen molar-refractivity contribution in [1.29, 1.82) is 0 Å². The van der Waals surface area contributed by atoms with E-state index in [0.29, 0.717) is 16.9 Å². The summed E-state index contributed by atoms with van der Waals surface area (Å²) in [5, 5.41) is 0. The first-order valence-electron chi connectivity index (χ1n) is 10.3. The maximum atomic E-state index is 14.5. The molecule has 0 aliphatic rings. The molecule has 0 saturated carbocycles. The lowest BCUT2D eigenvalue weighted by molar-refractivity contribution is -0.154. The van der Waals surface area contributed by atoms with Gasteiger partial charge in [-0.3, -0.25) is 14.4 Å². The fourth-order valence-corrected chi connectivity index (χ4v) is 2.36. The van der Waals surface area contributed by atoms with Gasteiger partial charge in [0.1, 0.15) is 12.4 Å². The molecule has 0 aliphatic carbocycles. The van der Waals surface area contributed by atoms with Crippen molar-refractivity contribution in [3.05, 3.63) is 48.3 Å². The van der Waals surface area contributed by atoms with E-state index in [1.54, 1.807) is 71.9 Å². The highest BCUT2D eigenvalue weighted by Gasteiger charge is 2.24. The van der Waals surface area contributed by atoms with Crippen LogP contribution in [0.2, 0.25) is 0 Å². The van der Waals surface area contributed by atoms with Crippen molar-refractivity contribution in [1.82, 2.24) is 0 Å². The Kier molecular flexibility index (Phi) is 7.78. The van der Waals surface area contributed by atoms with Crippen molar-refractivity contribution in [2.75, 3.05) is 6.61 Å². The van der Waals surface area contributed by atoms with E-state index in [1.165, 1.54) is 12.1 Å². The minimum Gasteiger partial charge on any atom is -0.465 e. The predicted octanol–water partition coefficient (Wildman–Crippen LogP) is 5.33. The molecule has 32 heavy (non-hydrogen) atoms. The molecule has 7 heteroatoms. The van der Waals surface area contributed by atoms with Crippen LogP contribution in [0.5, 0.6) is 11.5 Å². The van der Waals surface area contributed by atoms with Crippen LogP contribution in [0.15, 0.2) is 42.5 Å². The van der Waals surface area contributed by atoms with Crippen molar-refractivity contribution in [3.63, 3.8) is 0 Å². The number of ether oxygens (including phenoxy) is 3. The normalized spacial score (nSPS) is 11.6. The molecule has 0 spiro atoms. The van der Waals surface area contributed by atoms with E-state index in [0.717, 1.165) is 0 Å². The molecular formula is C25H29FO6. The Bertz CT molecular complexity index is 981. The molecule has 0 unspecified atom stereocenters. The molecular weight excluding hydrogens is 415 g/mol. The summed E-state index contributed by atoms with van der Waals surface area (Å²) in [4.78, 5) is 35.6. The van der Waals surface area contributed by atoms with E-state index in [-0.39, 0.29) is 24.7 Å². The number of halogens is 1. The molecule has 0 atom stereocenters. The number of benzene rings is 2. The number of rotatable bonds is 6. The molecule has 0 N–H and O–H groups in total. The maximum absolute atomic E-state index is 14.5. The van der Waals surface area contributed by atoms with Gasteiger partial charge in [-0.15, -0.1) is 0 Å². The first-order valence-corrected chi connectivity index (χ1v) is 10.3. The van der Waals surface area contributed by atoms with Crippen LogP contribution in [-0.4, -0.2) is 24.5 Å². The predicted molar refractivity (Wildman–Crippen MR) is 118 cm³/mol. The van der Waals surface area contributed by atoms with E-state index in [4.69, 9.17) is 14.2 Å². The zero-order valence-electron chi connectivity index (χ0n) is 19.3. The molecule has 0 radical (unpaired) electrons. The summed E-state index contributed by atoms with van der Waals surface area (Å²) in [5.41, 5.74) is -0.0248. The van der Waals surface area contributed by atoms with Gasteiger partial charge in [-0.2, -0.15) is 0 Å². The van der Waals surface area contributed by atoms with Gasteiger partial charge in [0.15, 0.2) is 11.6 Å². The number of carbonyl (C=O) groups excluding carboxylic acids is 3. The largest absolute Gasteiger partial charge is 0.465 e. The molecule has 2 aromatic carbocycles. The number of hydrogen-bond acceptors (Lipinski definition) is 6. The van der Waals surface area contributed by atoms with Crippen LogP contribution in [0.25, 0.3) is 11.1 Å². The van der Waals surface area contributed by atoms with Crippen LogP contribution in [0, 0.1) is 16.6 Å². The summed E-state index contributed by atoms with van der Waals surface area (Å²) in [7, 11) is 0. The van der Waals surface area contributed by atoms with Crippen molar-refractivity contribution < 1.29 is 33.0 Å². The molecule has 6 nitrogen and oxygen atoms in total. The molecule has 0 amide bonds. The van der Waals surface area contributed by atoms with Crippen molar-refractivity contribution >= 4 is 17.9 Å². The fraction of sp³-hybridized carbons (Fsp3) is 0.400. The third kappa shape index (κ3) is 7.18. The Morgan fingerprint density at radius 1 is 0.781 bits per heavy atom. The molecule has 0 bridgehead atoms. The highest BCUT2D eigenvalue weighted by Crippen LogP contribution is 2.28. The van der Waals surface area contributed by atoms with Gasteiger partial charge in [-0.1, -0.05) is 18.2 Å². The van der Waals surface area contributed by atoms with Crippen molar-refractivity contribution in [2.24, 2.45) is 10.8 Å². The molecule has 0 saturated heterocycles. The lowest BCUT2D eigenvalue weighted by Gasteiger charge is -2.16. The van der Waals surface area contributed by atoms with Gasteiger partial charge in [0.25, 0.3) is 0 Å². The molecule has 0 heterocycles. The van der Waals surface area contributed by atoms with E-state index in [1.807, 2.05) is 0 Å². The number of carbonyl (C=O) groups is 3. The lowest BCUT2D eigenvalue weighted by atomic mass is 9.97. The third-order valence-electron chi connectivity index (χ3n) is 4.32. The summed E-state index contributed by atoms with van der Waals surface area (Å²) in [5.74, 6) is -2.01. The topological polar surface area (TPSA) is 78.9 Å². The standard InChI is InChI=1S/C25H29FO6/c1-24(2,3)22(28)30-14-13-21(27)32-20-12-9-17(15-19(20)26)16-7-10-18(11-8-16)31-23(29)25(4,5)6/h7-12,15H,13-14H2,1-6H3. The van der Waals surface area contributed by atoms with E-state index in [2.05, 4.69) is 0 Å². The monoisotopic (exact) mass is 444 g/mol. The summed E-state index contributed by atoms with van der Waals surface area (Å²) in [6, 6.07) is 10.9. The first-order chi connectivity index (χ1) is 14.8. The van der Waals surface area contributed by atoms with Crippen LogP contribution in [0.4, 0.5) is 4.39 Å². The van der Waals surface area contributed by atoms with E-state index >= 15 is 0 Å². The van der Waals surface area contributed by atoms with Crippen molar-refractivity contribution in [3.8, 4) is 22.6 Å². The maximum Gasteiger partial charge on any atom is 0.316 e. The van der Waals surface area contributed by atoms with Gasteiger partial charge in [-0.05, 0) is 76.9 Å². The second-order valence-corrected chi connectivity index (χ2v) is 9.42. The van der Waals surface area contributed by atoms with Gasteiger partial charge in [0, 0.05) is 0 Å². The summed E-state index contributed by atoms with van der Waals surface area (Å²) >= 11 is 0. The highest BCUT2D eigenvalue weighted by atomic mass is 19.1. The Labute approximate surface area is 187 Å². The second kappa shape index (κ2) is 9.94. The van der Waals surface area contributed by atoms with E-state index in [9.17, 15) is 18.8 Å². The Morgan fingerprint density at radius 2 is 1.34 bits per heavy atom. The van der Waals surface area contributed by atoms with Gasteiger partial charge in [0.2, 0.25) is 0 Å². The Balaban J connectivity index is 1.97. The molecule has 0 aromatic heterocycles. The smallest absolute Gasteiger partial charge is 0.316 e. The van der Waals surface area contributed by atoms with E-state index < -0.39 is 28.6 Å². The highest BCUT2D eigenvalue weighted by molar-refractivity contribution is 5.78. The van der Waals surface area contributed by atoms with Crippen LogP contribution >= 0.6 is 0 Å². The van der Waals surface area contributed by atoms with Crippen LogP contribution < -0.4 is 9.47 Å². The molecule has 0 fully saturated rings. The average Bonchev–Trinajstić information content (AvgIpc) is 2.68. The van der Waals surface area contributed by atoms with Crippen LogP contribution in [-0.2, 0) is 19.1 Å². The minimum atomic E-state index is -0.705. The van der Waals surface area contributed by atoms with Gasteiger partial charge >= 0.3 is 17.9 Å². The molecule has 2 rings (SSSR count). The van der Waals surface area contributed by atoms with Crippen molar-refractivity contribution in [2.45, 2.75) is 48.0 Å². The average molecular weight is 444 g/mol. The SMILES string of the molecule is CC(C)(C)C(=O)OCCC(=O)Oc1ccc(-c2ccc(OC(=O)C(C)(C)C)cc2)cc1F. The molecule has 0 aliphatic heterocycles. The molecule has 172 valence electrons. The Hall–Kier alpha value is -3.22. The number of hydrogen-bond donors (Lipinski definition) is 0. The van der Waals surface area contributed by atoms with Crippen LogP contribution in [0.1, 0.15) is 48.0 Å². The third-order valence-corrected chi connectivity index (χ3v) is 4.32. The first kappa shape index (κ1) is 25.0. The zero-order chi connectivity index (χ0) is 24.1. The zero-order valence-corrected chi connectivity index (χ0v) is 19.3. The summed E-state index contributed by atoms with van der Waals surface area (Å²) in [6.07, 6.45) is -0.183. The fourth-order valence-electron chi connectivity index (χ4n) is 2.36. The number of esters is 3. The quantitative estimate of drug-likeness (QED) is 0.443. The van der Waals surface area contributed by atoms with Gasteiger partial charge in [-0.25, -0.2) is 4.39 Å². The summed E-state index contributed by atoms with van der Waals surface area (Å²) < 4.78 is 29.8. The van der Waals surface area contributed by atoms with Crippen LogP contribution in [0.3, 0.4) is 0 Å². The van der Waals surface area contributed by atoms with Gasteiger partial charge in [0.05, 0.1) is 17.3 Å². The summed E-state index contributed by atoms with van der Waals surface area (Å²) in [6.45, 7) is 10.3.